The first-order valence-corrected chi connectivity index (χ1v) is 10.2. The second-order valence-corrected chi connectivity index (χ2v) is 8.37. The van der Waals surface area contributed by atoms with Crippen molar-refractivity contribution in [2.75, 3.05) is 11.9 Å². The lowest BCUT2D eigenvalue weighted by Crippen LogP contribution is -2.70. The molecule has 1 saturated heterocycles. The molecule has 2 amide bonds. The second kappa shape index (κ2) is 7.45. The van der Waals surface area contributed by atoms with E-state index in [2.05, 4.69) is 34.6 Å². The molecule has 28 heavy (non-hydrogen) atoms. The molecule has 0 radical (unpaired) electrons. The first kappa shape index (κ1) is 18.8. The number of carbonyl (C=O) groups excluding carboxylic acids is 2. The molecule has 1 aromatic rings. The SMILES string of the molecule is Cc1cccc(NC(=O)CN2C(=O)C3NN=C(C(C)C)N3C3CCCCC32)c1. The van der Waals surface area contributed by atoms with Crippen LogP contribution in [0.2, 0.25) is 0 Å². The Labute approximate surface area is 166 Å². The van der Waals surface area contributed by atoms with Crippen LogP contribution in [0.1, 0.15) is 45.1 Å². The Balaban J connectivity index is 1.53. The minimum Gasteiger partial charge on any atom is -0.325 e. The Morgan fingerprint density at radius 1 is 1.29 bits per heavy atom. The smallest absolute Gasteiger partial charge is 0.268 e. The lowest BCUT2D eigenvalue weighted by molar-refractivity contribution is -0.151. The molecule has 2 aliphatic heterocycles. The van der Waals surface area contributed by atoms with E-state index < -0.39 is 6.17 Å². The number of nitrogens with one attached hydrogen (secondary N) is 2. The zero-order chi connectivity index (χ0) is 19.8. The number of hydrogen-bond donors (Lipinski definition) is 2. The first-order valence-electron chi connectivity index (χ1n) is 10.2. The van der Waals surface area contributed by atoms with Crippen molar-refractivity contribution in [1.82, 2.24) is 15.2 Å². The Morgan fingerprint density at radius 2 is 2.04 bits per heavy atom. The molecule has 2 N–H and O–H groups in total. The zero-order valence-corrected chi connectivity index (χ0v) is 16.8. The van der Waals surface area contributed by atoms with Crippen molar-refractivity contribution in [3.63, 3.8) is 0 Å². The van der Waals surface area contributed by atoms with Gasteiger partial charge in [0.25, 0.3) is 5.91 Å². The van der Waals surface area contributed by atoms with Crippen LogP contribution in [0, 0.1) is 12.8 Å². The van der Waals surface area contributed by atoms with Crippen molar-refractivity contribution in [1.29, 1.82) is 0 Å². The van der Waals surface area contributed by atoms with Gasteiger partial charge in [0.15, 0.2) is 6.17 Å². The standard InChI is InChI=1S/C21H29N5O2/c1-13(2)19-23-24-20-21(28)25(16-9-4-5-10-17(16)26(19)20)12-18(27)22-15-8-6-7-14(3)11-15/h6-8,11,13,16-17,20,24H,4-5,9-10,12H2,1-3H3,(H,22,27). The number of hydrazone groups is 1. The predicted octanol–water partition coefficient (Wildman–Crippen LogP) is 2.29. The van der Waals surface area contributed by atoms with E-state index in [0.717, 1.165) is 42.8 Å². The van der Waals surface area contributed by atoms with Crippen LogP contribution in [0.5, 0.6) is 0 Å². The van der Waals surface area contributed by atoms with Gasteiger partial charge in [0.1, 0.15) is 12.4 Å². The predicted molar refractivity (Wildman–Crippen MR) is 109 cm³/mol. The monoisotopic (exact) mass is 383 g/mol. The van der Waals surface area contributed by atoms with E-state index in [1.807, 2.05) is 31.2 Å². The number of aryl methyl sites for hydroxylation is 1. The topological polar surface area (TPSA) is 77.0 Å². The number of rotatable bonds is 4. The lowest BCUT2D eigenvalue weighted by Gasteiger charge is -2.51. The van der Waals surface area contributed by atoms with Crippen molar-refractivity contribution >= 4 is 23.3 Å². The van der Waals surface area contributed by atoms with Crippen LogP contribution in [0.25, 0.3) is 0 Å². The number of piperazine rings is 1. The van der Waals surface area contributed by atoms with Crippen molar-refractivity contribution in [2.24, 2.45) is 11.0 Å². The van der Waals surface area contributed by atoms with Gasteiger partial charge in [-0.3, -0.25) is 15.0 Å². The third-order valence-corrected chi connectivity index (χ3v) is 5.94. The number of anilines is 1. The fraction of sp³-hybridized carbons (Fsp3) is 0.571. The van der Waals surface area contributed by atoms with Gasteiger partial charge in [-0.25, -0.2) is 0 Å². The van der Waals surface area contributed by atoms with Gasteiger partial charge in [-0.2, -0.15) is 5.10 Å². The van der Waals surface area contributed by atoms with Gasteiger partial charge in [-0.1, -0.05) is 38.8 Å². The highest BCUT2D eigenvalue weighted by Gasteiger charge is 2.51. The highest BCUT2D eigenvalue weighted by Crippen LogP contribution is 2.35. The van der Waals surface area contributed by atoms with Crippen molar-refractivity contribution in [3.05, 3.63) is 29.8 Å². The molecule has 7 heteroatoms. The molecule has 1 saturated carbocycles. The molecule has 3 aliphatic rings. The maximum Gasteiger partial charge on any atom is 0.268 e. The van der Waals surface area contributed by atoms with Crippen molar-refractivity contribution in [3.8, 4) is 0 Å². The molecule has 0 bridgehead atoms. The average molecular weight is 383 g/mol. The molecule has 2 fully saturated rings. The largest absolute Gasteiger partial charge is 0.325 e. The molecule has 7 nitrogen and oxygen atoms in total. The van der Waals surface area contributed by atoms with Gasteiger partial charge in [0.2, 0.25) is 5.91 Å². The number of amidine groups is 1. The summed E-state index contributed by atoms with van der Waals surface area (Å²) in [4.78, 5) is 29.9. The lowest BCUT2D eigenvalue weighted by atomic mass is 9.85. The van der Waals surface area contributed by atoms with Gasteiger partial charge in [-0.05, 0) is 37.5 Å². The Morgan fingerprint density at radius 3 is 2.75 bits per heavy atom. The van der Waals surface area contributed by atoms with Crippen LogP contribution >= 0.6 is 0 Å². The Hall–Kier alpha value is -2.57. The van der Waals surface area contributed by atoms with Crippen molar-refractivity contribution < 1.29 is 9.59 Å². The summed E-state index contributed by atoms with van der Waals surface area (Å²) in [6, 6.07) is 7.99. The van der Waals surface area contributed by atoms with Crippen LogP contribution in [0.15, 0.2) is 29.4 Å². The summed E-state index contributed by atoms with van der Waals surface area (Å²) < 4.78 is 0. The van der Waals surface area contributed by atoms with Gasteiger partial charge >= 0.3 is 0 Å². The van der Waals surface area contributed by atoms with Gasteiger partial charge in [0, 0.05) is 11.6 Å². The van der Waals surface area contributed by atoms with Gasteiger partial charge < -0.3 is 15.1 Å². The maximum atomic E-state index is 13.2. The summed E-state index contributed by atoms with van der Waals surface area (Å²) in [7, 11) is 0. The normalized spacial score (nSPS) is 26.5. The number of nitrogens with zero attached hydrogens (tertiary/aromatic N) is 3. The molecule has 3 atom stereocenters. The van der Waals surface area contributed by atoms with Gasteiger partial charge in [0.05, 0.1) is 12.1 Å². The molecule has 2 heterocycles. The summed E-state index contributed by atoms with van der Waals surface area (Å²) in [5.74, 6) is 1.00. The van der Waals surface area contributed by atoms with Crippen LogP contribution in [-0.2, 0) is 9.59 Å². The molecular formula is C21H29N5O2. The average Bonchev–Trinajstić information content (AvgIpc) is 3.11. The Kier molecular flexibility index (Phi) is 5.00. The van der Waals surface area contributed by atoms with E-state index in [9.17, 15) is 9.59 Å². The molecule has 3 unspecified atom stereocenters. The zero-order valence-electron chi connectivity index (χ0n) is 16.8. The summed E-state index contributed by atoms with van der Waals surface area (Å²) in [5, 5.41) is 7.39. The summed E-state index contributed by atoms with van der Waals surface area (Å²) in [6.07, 6.45) is 3.71. The molecule has 0 spiro atoms. The van der Waals surface area contributed by atoms with Gasteiger partial charge in [-0.15, -0.1) is 0 Å². The van der Waals surface area contributed by atoms with E-state index in [-0.39, 0.29) is 36.4 Å². The van der Waals surface area contributed by atoms with E-state index >= 15 is 0 Å². The van der Waals surface area contributed by atoms with Crippen LogP contribution in [0.4, 0.5) is 5.69 Å². The van der Waals surface area contributed by atoms with Crippen LogP contribution in [-0.4, -0.2) is 52.2 Å². The third-order valence-electron chi connectivity index (χ3n) is 5.94. The third kappa shape index (κ3) is 3.34. The second-order valence-electron chi connectivity index (χ2n) is 8.37. The molecule has 0 aromatic heterocycles. The van der Waals surface area contributed by atoms with E-state index in [1.54, 1.807) is 4.90 Å². The quantitative estimate of drug-likeness (QED) is 0.836. The highest BCUT2D eigenvalue weighted by molar-refractivity contribution is 5.98. The molecule has 150 valence electrons. The highest BCUT2D eigenvalue weighted by atomic mass is 16.2. The molecule has 4 rings (SSSR count). The first-order chi connectivity index (χ1) is 13.5. The summed E-state index contributed by atoms with van der Waals surface area (Å²) >= 11 is 0. The van der Waals surface area contributed by atoms with E-state index in [0.29, 0.717) is 0 Å². The number of fused-ring (bicyclic) bond motifs is 3. The molecule has 1 aliphatic carbocycles. The number of amides is 2. The number of carbonyl (C=O) groups is 2. The number of hydrogen-bond acceptors (Lipinski definition) is 5. The molecule has 1 aromatic carbocycles. The molecular weight excluding hydrogens is 354 g/mol. The Bertz CT molecular complexity index is 806. The van der Waals surface area contributed by atoms with Crippen LogP contribution < -0.4 is 10.7 Å². The van der Waals surface area contributed by atoms with Crippen molar-refractivity contribution in [2.45, 2.75) is 64.7 Å². The number of benzene rings is 1. The minimum absolute atomic E-state index is 0.0538. The van der Waals surface area contributed by atoms with Crippen LogP contribution in [0.3, 0.4) is 0 Å². The summed E-state index contributed by atoms with van der Waals surface area (Å²) in [6.45, 7) is 6.28. The van der Waals surface area contributed by atoms with E-state index in [4.69, 9.17) is 0 Å². The summed E-state index contributed by atoms with van der Waals surface area (Å²) in [5.41, 5.74) is 4.88. The maximum absolute atomic E-state index is 13.2. The fourth-order valence-corrected chi connectivity index (χ4v) is 4.72. The van der Waals surface area contributed by atoms with E-state index in [1.165, 1.54) is 0 Å². The minimum atomic E-state index is -0.483. The fourth-order valence-electron chi connectivity index (χ4n) is 4.72.